The number of hydrogen-bond acceptors (Lipinski definition) is 5. The van der Waals surface area contributed by atoms with Crippen molar-refractivity contribution < 1.29 is 23.1 Å². The number of nitrogens with two attached hydrogens (primary N) is 1. The maximum atomic E-state index is 14.4. The summed E-state index contributed by atoms with van der Waals surface area (Å²) in [6.07, 6.45) is 3.76. The minimum Gasteiger partial charge on any atom is -0.496 e. The van der Waals surface area contributed by atoms with Crippen LogP contribution in [0.4, 0.5) is 14.6 Å². The Kier molecular flexibility index (Phi) is 6.94. The van der Waals surface area contributed by atoms with E-state index in [0.717, 1.165) is 25.1 Å². The van der Waals surface area contributed by atoms with Crippen LogP contribution in [0.2, 0.25) is 0 Å². The van der Waals surface area contributed by atoms with Crippen LogP contribution in [0.25, 0.3) is 11.1 Å². The maximum absolute atomic E-state index is 14.4. The Morgan fingerprint density at radius 2 is 2.03 bits per heavy atom. The zero-order chi connectivity index (χ0) is 21.7. The van der Waals surface area contributed by atoms with Gasteiger partial charge >= 0.3 is 0 Å². The SMILES string of the molecule is COc1cc(F)ccc1-c1cc(NC(=O)[C@H]2CCC[C@@H](NC(=O)CN)C2)ncc1F. The van der Waals surface area contributed by atoms with Crippen LogP contribution in [0.3, 0.4) is 0 Å². The van der Waals surface area contributed by atoms with Crippen molar-refractivity contribution in [1.29, 1.82) is 0 Å². The molecule has 0 saturated heterocycles. The van der Waals surface area contributed by atoms with E-state index in [1.807, 2.05) is 0 Å². The summed E-state index contributed by atoms with van der Waals surface area (Å²) in [7, 11) is 1.36. The Labute approximate surface area is 173 Å². The Bertz CT molecular complexity index is 938. The number of rotatable bonds is 6. The van der Waals surface area contributed by atoms with Crippen molar-refractivity contribution in [3.63, 3.8) is 0 Å². The van der Waals surface area contributed by atoms with Gasteiger partial charge in [-0.2, -0.15) is 0 Å². The Hall–Kier alpha value is -3.07. The Balaban J connectivity index is 1.75. The normalized spacial score (nSPS) is 18.5. The van der Waals surface area contributed by atoms with Gasteiger partial charge in [-0.05, 0) is 37.5 Å². The summed E-state index contributed by atoms with van der Waals surface area (Å²) >= 11 is 0. The number of ether oxygens (including phenoxy) is 1. The molecule has 160 valence electrons. The second kappa shape index (κ2) is 9.62. The first kappa shape index (κ1) is 21.6. The third-order valence-corrected chi connectivity index (χ3v) is 5.16. The first-order valence-electron chi connectivity index (χ1n) is 9.71. The lowest BCUT2D eigenvalue weighted by Gasteiger charge is -2.28. The van der Waals surface area contributed by atoms with Crippen molar-refractivity contribution in [1.82, 2.24) is 10.3 Å². The van der Waals surface area contributed by atoms with Crippen LogP contribution in [-0.4, -0.2) is 36.5 Å². The van der Waals surface area contributed by atoms with Gasteiger partial charge in [0.15, 0.2) is 0 Å². The summed E-state index contributed by atoms with van der Waals surface area (Å²) in [5, 5.41) is 5.54. The molecule has 9 heteroatoms. The Morgan fingerprint density at radius 3 is 2.77 bits per heavy atom. The van der Waals surface area contributed by atoms with Gasteiger partial charge in [0.1, 0.15) is 23.2 Å². The molecule has 3 rings (SSSR count). The fourth-order valence-electron chi connectivity index (χ4n) is 3.67. The molecule has 1 aromatic carbocycles. The number of carbonyl (C=O) groups is 2. The number of anilines is 1. The van der Waals surface area contributed by atoms with E-state index in [1.165, 1.54) is 25.3 Å². The minimum atomic E-state index is -0.625. The second-order valence-electron chi connectivity index (χ2n) is 7.22. The van der Waals surface area contributed by atoms with Gasteiger partial charge in [0, 0.05) is 29.2 Å². The van der Waals surface area contributed by atoms with Crippen molar-refractivity contribution in [2.45, 2.75) is 31.7 Å². The van der Waals surface area contributed by atoms with Gasteiger partial charge in [0.2, 0.25) is 11.8 Å². The quantitative estimate of drug-likeness (QED) is 0.669. The number of nitrogens with one attached hydrogen (secondary N) is 2. The molecule has 1 aliphatic rings. The zero-order valence-electron chi connectivity index (χ0n) is 16.6. The number of hydrogen-bond donors (Lipinski definition) is 3. The molecule has 1 heterocycles. The number of benzene rings is 1. The molecule has 2 atom stereocenters. The summed E-state index contributed by atoms with van der Waals surface area (Å²) in [6, 6.07) is 5.05. The molecule has 0 bridgehead atoms. The van der Waals surface area contributed by atoms with Crippen LogP contribution < -0.4 is 21.1 Å². The van der Waals surface area contributed by atoms with E-state index in [9.17, 15) is 18.4 Å². The predicted molar refractivity (Wildman–Crippen MR) is 108 cm³/mol. The van der Waals surface area contributed by atoms with Gasteiger partial charge in [0.05, 0.1) is 19.9 Å². The highest BCUT2D eigenvalue weighted by Gasteiger charge is 2.28. The van der Waals surface area contributed by atoms with Crippen LogP contribution in [0.5, 0.6) is 5.75 Å². The molecule has 0 aliphatic heterocycles. The molecule has 1 aliphatic carbocycles. The average molecular weight is 418 g/mol. The molecule has 2 aromatic rings. The molecule has 0 spiro atoms. The van der Waals surface area contributed by atoms with Gasteiger partial charge in [-0.25, -0.2) is 13.8 Å². The smallest absolute Gasteiger partial charge is 0.233 e. The van der Waals surface area contributed by atoms with Crippen molar-refractivity contribution in [2.24, 2.45) is 11.7 Å². The number of pyridine rings is 1. The summed E-state index contributed by atoms with van der Waals surface area (Å²) in [5.74, 6) is -1.60. The van der Waals surface area contributed by atoms with Gasteiger partial charge in [-0.3, -0.25) is 9.59 Å². The summed E-state index contributed by atoms with van der Waals surface area (Å²) in [5.41, 5.74) is 5.81. The molecule has 1 fully saturated rings. The van der Waals surface area contributed by atoms with Gasteiger partial charge in [-0.15, -0.1) is 0 Å². The second-order valence-corrected chi connectivity index (χ2v) is 7.22. The number of halogens is 2. The van der Waals surface area contributed by atoms with E-state index in [-0.39, 0.29) is 47.4 Å². The maximum Gasteiger partial charge on any atom is 0.233 e. The van der Waals surface area contributed by atoms with E-state index >= 15 is 0 Å². The third-order valence-electron chi connectivity index (χ3n) is 5.16. The van der Waals surface area contributed by atoms with Crippen LogP contribution in [-0.2, 0) is 9.59 Å². The standard InChI is InChI=1S/C21H24F2N4O3/c1-30-18-8-13(22)5-6-15(18)16-9-19(25-11-17(16)23)27-21(29)12-3-2-4-14(7-12)26-20(28)10-24/h5-6,8-9,11-12,14H,2-4,7,10,24H2,1H3,(H,26,28)(H,25,27,29)/t12-,14+/m0/s1. The number of carbonyl (C=O) groups excluding carboxylic acids is 2. The highest BCUT2D eigenvalue weighted by Crippen LogP contribution is 2.33. The summed E-state index contributed by atoms with van der Waals surface area (Å²) in [4.78, 5) is 28.2. The van der Waals surface area contributed by atoms with Crippen molar-refractivity contribution in [3.05, 3.63) is 42.1 Å². The van der Waals surface area contributed by atoms with Gasteiger partial charge in [0.25, 0.3) is 0 Å². The molecule has 1 aromatic heterocycles. The minimum absolute atomic E-state index is 0.0948. The summed E-state index contributed by atoms with van der Waals surface area (Å²) in [6.45, 7) is -0.0948. The molecular weight excluding hydrogens is 394 g/mol. The fourth-order valence-corrected chi connectivity index (χ4v) is 3.67. The lowest BCUT2D eigenvalue weighted by Crippen LogP contribution is -2.43. The zero-order valence-corrected chi connectivity index (χ0v) is 16.6. The van der Waals surface area contributed by atoms with E-state index in [0.29, 0.717) is 18.4 Å². The molecule has 0 radical (unpaired) electrons. The monoisotopic (exact) mass is 418 g/mol. The Morgan fingerprint density at radius 1 is 1.23 bits per heavy atom. The highest BCUT2D eigenvalue weighted by atomic mass is 19.1. The fraction of sp³-hybridized carbons (Fsp3) is 0.381. The van der Waals surface area contributed by atoms with E-state index in [1.54, 1.807) is 0 Å². The third kappa shape index (κ3) is 5.10. The van der Waals surface area contributed by atoms with Gasteiger partial charge < -0.3 is 21.1 Å². The lowest BCUT2D eigenvalue weighted by molar-refractivity contribution is -0.123. The molecule has 4 N–H and O–H groups in total. The highest BCUT2D eigenvalue weighted by molar-refractivity contribution is 5.92. The summed E-state index contributed by atoms with van der Waals surface area (Å²) < 4.78 is 33.0. The number of amides is 2. The van der Waals surface area contributed by atoms with Crippen LogP contribution in [0.15, 0.2) is 30.5 Å². The van der Waals surface area contributed by atoms with E-state index < -0.39 is 11.6 Å². The average Bonchev–Trinajstić information content (AvgIpc) is 2.75. The number of aromatic nitrogens is 1. The van der Waals surface area contributed by atoms with Crippen molar-refractivity contribution >= 4 is 17.6 Å². The number of methoxy groups -OCH3 is 1. The largest absolute Gasteiger partial charge is 0.496 e. The first-order valence-corrected chi connectivity index (χ1v) is 9.71. The van der Waals surface area contributed by atoms with Gasteiger partial charge in [-0.1, -0.05) is 6.42 Å². The first-order chi connectivity index (χ1) is 14.4. The van der Waals surface area contributed by atoms with E-state index in [2.05, 4.69) is 15.6 Å². The molecule has 7 nitrogen and oxygen atoms in total. The van der Waals surface area contributed by atoms with Crippen molar-refractivity contribution in [2.75, 3.05) is 19.0 Å². The molecule has 0 unspecified atom stereocenters. The van der Waals surface area contributed by atoms with E-state index in [4.69, 9.17) is 10.5 Å². The number of nitrogens with zero attached hydrogens (tertiary/aromatic N) is 1. The van der Waals surface area contributed by atoms with Crippen LogP contribution in [0, 0.1) is 17.6 Å². The lowest BCUT2D eigenvalue weighted by atomic mass is 9.85. The van der Waals surface area contributed by atoms with Crippen LogP contribution in [0.1, 0.15) is 25.7 Å². The molecule has 30 heavy (non-hydrogen) atoms. The molecule has 1 saturated carbocycles. The predicted octanol–water partition coefficient (Wildman–Crippen LogP) is 2.61. The molecular formula is C21H24F2N4O3. The molecule has 2 amide bonds. The topological polar surface area (TPSA) is 106 Å². The van der Waals surface area contributed by atoms with Crippen LogP contribution >= 0.6 is 0 Å². The van der Waals surface area contributed by atoms with Crippen molar-refractivity contribution in [3.8, 4) is 16.9 Å².